The number of carbonyl (C=O) groups excluding carboxylic acids is 1. The molecule has 0 aliphatic carbocycles. The van der Waals surface area contributed by atoms with Gasteiger partial charge in [0, 0.05) is 46.2 Å². The molecule has 0 saturated carbocycles. The summed E-state index contributed by atoms with van der Waals surface area (Å²) in [4.78, 5) is 21.6. The molecular weight excluding hydrogens is 256 g/mol. The Hall–Kier alpha value is -2.05. The van der Waals surface area contributed by atoms with Crippen molar-refractivity contribution in [3.05, 3.63) is 11.9 Å². The minimum atomic E-state index is -0.0999. The van der Waals surface area contributed by atoms with Crippen molar-refractivity contribution < 1.29 is 4.79 Å². The Morgan fingerprint density at radius 1 is 1.15 bits per heavy atom. The highest BCUT2D eigenvalue weighted by molar-refractivity contribution is 5.73. The number of nitrogens with one attached hydrogen (secondary N) is 3. The van der Waals surface area contributed by atoms with Crippen LogP contribution in [0.5, 0.6) is 0 Å². The zero-order chi connectivity index (χ0) is 15.0. The number of carbonyl (C=O) groups is 1. The first-order chi connectivity index (χ1) is 9.56. The van der Waals surface area contributed by atoms with Crippen molar-refractivity contribution in [2.75, 3.05) is 44.4 Å². The summed E-state index contributed by atoms with van der Waals surface area (Å²) < 4.78 is 0. The van der Waals surface area contributed by atoms with Gasteiger partial charge in [-0.15, -0.1) is 0 Å². The maximum Gasteiger partial charge on any atom is 0.316 e. The number of nitrogens with zero attached hydrogens (tertiary/aromatic N) is 3. The van der Waals surface area contributed by atoms with Crippen LogP contribution in [0, 0.1) is 0 Å². The second-order valence-corrected chi connectivity index (χ2v) is 4.49. The molecule has 0 aliphatic rings. The average Bonchev–Trinajstić information content (AvgIpc) is 2.43. The molecule has 0 atom stereocenters. The van der Waals surface area contributed by atoms with Gasteiger partial charge in [-0.1, -0.05) is 6.92 Å². The third kappa shape index (κ3) is 5.29. The molecule has 1 rings (SSSR count). The number of amides is 2. The zero-order valence-corrected chi connectivity index (χ0v) is 12.7. The standard InChI is InChI=1S/C13H24N6O/c1-5-10-17-11(14-6-2)9-12(18-10)15-7-8-16-13(20)19(3)4/h9H,5-8H2,1-4H3,(H,16,20)(H2,14,15,17,18). The van der Waals surface area contributed by atoms with Gasteiger partial charge in [-0.25, -0.2) is 14.8 Å². The van der Waals surface area contributed by atoms with Gasteiger partial charge in [0.15, 0.2) is 0 Å². The minimum Gasteiger partial charge on any atom is -0.370 e. The van der Waals surface area contributed by atoms with Crippen molar-refractivity contribution in [3.8, 4) is 0 Å². The van der Waals surface area contributed by atoms with Gasteiger partial charge in [0.1, 0.15) is 17.5 Å². The van der Waals surface area contributed by atoms with E-state index in [0.29, 0.717) is 13.1 Å². The SMILES string of the molecule is CCNc1cc(NCCNC(=O)N(C)C)nc(CC)n1. The van der Waals surface area contributed by atoms with Crippen molar-refractivity contribution in [1.82, 2.24) is 20.2 Å². The minimum absolute atomic E-state index is 0.0999. The first-order valence-corrected chi connectivity index (χ1v) is 6.87. The molecule has 20 heavy (non-hydrogen) atoms. The van der Waals surface area contributed by atoms with Crippen molar-refractivity contribution in [2.24, 2.45) is 0 Å². The molecule has 0 bridgehead atoms. The summed E-state index contributed by atoms with van der Waals surface area (Å²) in [6.45, 7) is 6.02. The number of rotatable bonds is 7. The van der Waals surface area contributed by atoms with Gasteiger partial charge in [0.25, 0.3) is 0 Å². The number of aromatic nitrogens is 2. The number of urea groups is 1. The first-order valence-electron chi connectivity index (χ1n) is 6.87. The van der Waals surface area contributed by atoms with Crippen LogP contribution < -0.4 is 16.0 Å². The maximum atomic E-state index is 11.3. The van der Waals surface area contributed by atoms with Gasteiger partial charge in [-0.05, 0) is 6.92 Å². The van der Waals surface area contributed by atoms with Crippen LogP contribution in [0.15, 0.2) is 6.07 Å². The molecule has 0 spiro atoms. The summed E-state index contributed by atoms with van der Waals surface area (Å²) in [6.07, 6.45) is 0.783. The van der Waals surface area contributed by atoms with E-state index in [0.717, 1.165) is 30.4 Å². The summed E-state index contributed by atoms with van der Waals surface area (Å²) >= 11 is 0. The van der Waals surface area contributed by atoms with E-state index in [1.54, 1.807) is 14.1 Å². The molecule has 0 aromatic carbocycles. The van der Waals surface area contributed by atoms with Crippen LogP contribution in [0.1, 0.15) is 19.7 Å². The maximum absolute atomic E-state index is 11.3. The quantitative estimate of drug-likeness (QED) is 0.653. The number of anilines is 2. The lowest BCUT2D eigenvalue weighted by Crippen LogP contribution is -2.37. The molecule has 7 nitrogen and oxygen atoms in total. The zero-order valence-electron chi connectivity index (χ0n) is 12.7. The van der Waals surface area contributed by atoms with Gasteiger partial charge < -0.3 is 20.9 Å². The van der Waals surface area contributed by atoms with E-state index in [1.807, 2.05) is 19.9 Å². The molecule has 0 saturated heterocycles. The molecule has 0 aliphatic heterocycles. The second kappa shape index (κ2) is 8.19. The Labute approximate surface area is 120 Å². The summed E-state index contributed by atoms with van der Waals surface area (Å²) in [6, 6.07) is 1.77. The highest BCUT2D eigenvalue weighted by Crippen LogP contribution is 2.11. The highest BCUT2D eigenvalue weighted by atomic mass is 16.2. The molecule has 7 heteroatoms. The van der Waals surface area contributed by atoms with Crippen LogP contribution in [0.3, 0.4) is 0 Å². The molecule has 3 N–H and O–H groups in total. The fourth-order valence-electron chi connectivity index (χ4n) is 1.54. The molecule has 0 radical (unpaired) electrons. The number of aryl methyl sites for hydroxylation is 1. The predicted octanol–water partition coefficient (Wildman–Crippen LogP) is 1.15. The van der Waals surface area contributed by atoms with Gasteiger partial charge in [0.2, 0.25) is 0 Å². The third-order valence-corrected chi connectivity index (χ3v) is 2.56. The normalized spacial score (nSPS) is 10.0. The second-order valence-electron chi connectivity index (χ2n) is 4.49. The summed E-state index contributed by atoms with van der Waals surface area (Å²) in [5.74, 6) is 2.38. The lowest BCUT2D eigenvalue weighted by atomic mass is 10.4. The van der Waals surface area contributed by atoms with E-state index in [-0.39, 0.29) is 6.03 Å². The predicted molar refractivity (Wildman–Crippen MR) is 81.1 cm³/mol. The van der Waals surface area contributed by atoms with E-state index in [1.165, 1.54) is 4.90 Å². The van der Waals surface area contributed by atoms with Crippen molar-refractivity contribution >= 4 is 17.7 Å². The Kier molecular flexibility index (Phi) is 6.55. The van der Waals surface area contributed by atoms with E-state index >= 15 is 0 Å². The average molecular weight is 280 g/mol. The topological polar surface area (TPSA) is 82.2 Å². The molecule has 1 heterocycles. The van der Waals surface area contributed by atoms with Crippen molar-refractivity contribution in [1.29, 1.82) is 0 Å². The van der Waals surface area contributed by atoms with E-state index in [2.05, 4.69) is 25.9 Å². The van der Waals surface area contributed by atoms with E-state index in [4.69, 9.17) is 0 Å². The Morgan fingerprint density at radius 3 is 2.35 bits per heavy atom. The van der Waals surface area contributed by atoms with Crippen molar-refractivity contribution in [3.63, 3.8) is 0 Å². The monoisotopic (exact) mass is 280 g/mol. The smallest absolute Gasteiger partial charge is 0.316 e. The summed E-state index contributed by atoms with van der Waals surface area (Å²) in [5, 5.41) is 9.15. The first kappa shape index (κ1) is 16.0. The van der Waals surface area contributed by atoms with Gasteiger partial charge in [0.05, 0.1) is 0 Å². The molecule has 0 unspecified atom stereocenters. The van der Waals surface area contributed by atoms with Crippen LogP contribution in [0.25, 0.3) is 0 Å². The van der Waals surface area contributed by atoms with Crippen molar-refractivity contribution in [2.45, 2.75) is 20.3 Å². The molecule has 1 aromatic heterocycles. The Bertz CT molecular complexity index is 435. The van der Waals surface area contributed by atoms with Gasteiger partial charge >= 0.3 is 6.03 Å². The van der Waals surface area contributed by atoms with Gasteiger partial charge in [-0.3, -0.25) is 0 Å². The highest BCUT2D eigenvalue weighted by Gasteiger charge is 2.04. The fourth-order valence-corrected chi connectivity index (χ4v) is 1.54. The lowest BCUT2D eigenvalue weighted by Gasteiger charge is -2.13. The number of hydrogen-bond donors (Lipinski definition) is 3. The van der Waals surface area contributed by atoms with Crippen LogP contribution in [-0.2, 0) is 6.42 Å². The fraction of sp³-hybridized carbons (Fsp3) is 0.615. The molecule has 0 fully saturated rings. The van der Waals surface area contributed by atoms with Crippen LogP contribution in [0.4, 0.5) is 16.4 Å². The molecule has 1 aromatic rings. The summed E-state index contributed by atoms with van der Waals surface area (Å²) in [5.41, 5.74) is 0. The number of hydrogen-bond acceptors (Lipinski definition) is 5. The van der Waals surface area contributed by atoms with Gasteiger partial charge in [-0.2, -0.15) is 0 Å². The van der Waals surface area contributed by atoms with E-state index in [9.17, 15) is 4.79 Å². The molecular formula is C13H24N6O. The Morgan fingerprint density at radius 2 is 1.80 bits per heavy atom. The lowest BCUT2D eigenvalue weighted by molar-refractivity contribution is 0.218. The summed E-state index contributed by atoms with van der Waals surface area (Å²) in [7, 11) is 3.42. The van der Waals surface area contributed by atoms with Crippen LogP contribution in [-0.4, -0.2) is 54.6 Å². The Balaban J connectivity index is 2.50. The molecule has 2 amide bonds. The van der Waals surface area contributed by atoms with Crippen LogP contribution >= 0.6 is 0 Å². The third-order valence-electron chi connectivity index (χ3n) is 2.56. The molecule has 112 valence electrons. The van der Waals surface area contributed by atoms with E-state index < -0.39 is 0 Å². The van der Waals surface area contributed by atoms with Crippen LogP contribution in [0.2, 0.25) is 0 Å². The largest absolute Gasteiger partial charge is 0.370 e.